The van der Waals surface area contributed by atoms with Crippen LogP contribution in [-0.4, -0.2) is 9.13 Å². The summed E-state index contributed by atoms with van der Waals surface area (Å²) in [6.45, 7) is 6.11. The van der Waals surface area contributed by atoms with Gasteiger partial charge in [0.2, 0.25) is 0 Å². The first-order valence-electron chi connectivity index (χ1n) is 16.1. The monoisotopic (exact) mass is 603 g/mol. The van der Waals surface area contributed by atoms with E-state index in [1.807, 2.05) is 24.3 Å². The van der Waals surface area contributed by atoms with Crippen LogP contribution in [0.1, 0.15) is 34.8 Å². The quantitative estimate of drug-likeness (QED) is 0.174. The Labute approximate surface area is 274 Å². The van der Waals surface area contributed by atoms with Gasteiger partial charge in [-0.2, -0.15) is 5.26 Å². The van der Waals surface area contributed by atoms with Crippen molar-refractivity contribution in [3.8, 4) is 22.9 Å². The maximum Gasteiger partial charge on any atom is 0.0998 e. The lowest BCUT2D eigenvalue weighted by atomic mass is 9.92. The van der Waals surface area contributed by atoms with Crippen LogP contribution < -0.4 is 0 Å². The highest BCUT2D eigenvalue weighted by Gasteiger charge is 2.21. The molecule has 2 aromatic heterocycles. The molecule has 8 rings (SSSR count). The number of hydrogen-bond donors (Lipinski definition) is 0. The van der Waals surface area contributed by atoms with Crippen LogP contribution in [0.2, 0.25) is 0 Å². The molecular weight excluding hydrogens is 571 g/mol. The maximum atomic E-state index is 10.4. The first kappa shape index (κ1) is 28.4. The lowest BCUT2D eigenvalue weighted by Crippen LogP contribution is -2.10. The zero-order valence-corrected chi connectivity index (χ0v) is 26.3. The van der Waals surface area contributed by atoms with Crippen LogP contribution in [0.5, 0.6) is 0 Å². The molecule has 3 heteroatoms. The van der Waals surface area contributed by atoms with E-state index in [0.717, 1.165) is 39.8 Å². The third-order valence-corrected chi connectivity index (χ3v) is 9.45. The van der Waals surface area contributed by atoms with Crippen molar-refractivity contribution in [1.29, 1.82) is 5.26 Å². The zero-order chi connectivity index (χ0) is 31.9. The van der Waals surface area contributed by atoms with Gasteiger partial charge in [0.15, 0.2) is 0 Å². The SMILES string of the molecule is C=C/C=C\c1c(C)c2ccccc2n1C1C=C(c2cccc(-c3c(C#N)cccc3-n3c4ccccc4c4ccccc43)c2)C=CC1. The molecule has 5 aromatic carbocycles. The van der Waals surface area contributed by atoms with E-state index in [9.17, 15) is 5.26 Å². The minimum atomic E-state index is 0.154. The summed E-state index contributed by atoms with van der Waals surface area (Å²) in [5, 5.41) is 14.1. The standard InChI is InChI=1S/C44H33N3/c1-3-4-22-39-30(2)36-19-5-8-23-40(36)46(39)35-18-12-15-32(28-35)31-14-11-16-33(27-31)44-34(29-45)17-13-26-43(44)47-41-24-9-6-20-37(41)38-21-7-10-25-42(38)47/h3-17,19-28,35H,1,18H2,2H3/b22-4-. The van der Waals surface area contributed by atoms with Crippen LogP contribution in [0, 0.1) is 18.3 Å². The largest absolute Gasteiger partial charge is 0.333 e. The minimum absolute atomic E-state index is 0.154. The number of para-hydroxylation sites is 3. The molecule has 1 atom stereocenters. The van der Waals surface area contributed by atoms with Gasteiger partial charge in [-0.15, -0.1) is 0 Å². The summed E-state index contributed by atoms with van der Waals surface area (Å²) < 4.78 is 4.77. The third kappa shape index (κ3) is 4.66. The molecule has 3 nitrogen and oxygen atoms in total. The Bertz CT molecular complexity index is 2430. The van der Waals surface area contributed by atoms with E-state index in [-0.39, 0.29) is 6.04 Å². The smallest absolute Gasteiger partial charge is 0.0998 e. The van der Waals surface area contributed by atoms with Crippen LogP contribution >= 0.6 is 0 Å². The number of aromatic nitrogens is 2. The highest BCUT2D eigenvalue weighted by Crippen LogP contribution is 2.40. The topological polar surface area (TPSA) is 33.6 Å². The second kappa shape index (κ2) is 11.7. The normalized spacial score (nSPS) is 14.6. The zero-order valence-electron chi connectivity index (χ0n) is 26.3. The van der Waals surface area contributed by atoms with Crippen molar-refractivity contribution in [3.05, 3.63) is 175 Å². The number of hydrogen-bond acceptors (Lipinski definition) is 1. The summed E-state index contributed by atoms with van der Waals surface area (Å²) in [5.74, 6) is 0. The molecule has 0 spiro atoms. The summed E-state index contributed by atoms with van der Waals surface area (Å²) in [6, 6.07) is 43.0. The molecule has 0 radical (unpaired) electrons. The van der Waals surface area contributed by atoms with E-state index >= 15 is 0 Å². The number of nitrogens with zero attached hydrogens (tertiary/aromatic N) is 3. The number of benzene rings is 5. The van der Waals surface area contributed by atoms with Gasteiger partial charge in [-0.1, -0.05) is 116 Å². The Morgan fingerprint density at radius 1 is 0.766 bits per heavy atom. The summed E-state index contributed by atoms with van der Waals surface area (Å²) >= 11 is 0. The molecule has 1 unspecified atom stereocenters. The fraction of sp³-hybridized carbons (Fsp3) is 0.0682. The Morgan fingerprint density at radius 2 is 1.43 bits per heavy atom. The Balaban J connectivity index is 1.29. The van der Waals surface area contributed by atoms with Gasteiger partial charge in [0, 0.05) is 32.9 Å². The van der Waals surface area contributed by atoms with E-state index in [0.29, 0.717) is 5.56 Å². The van der Waals surface area contributed by atoms with Crippen molar-refractivity contribution >= 4 is 44.4 Å². The fourth-order valence-corrected chi connectivity index (χ4v) is 7.37. The van der Waals surface area contributed by atoms with Crippen molar-refractivity contribution in [1.82, 2.24) is 9.13 Å². The van der Waals surface area contributed by atoms with Crippen molar-refractivity contribution in [2.75, 3.05) is 0 Å². The van der Waals surface area contributed by atoms with Gasteiger partial charge in [0.25, 0.3) is 0 Å². The van der Waals surface area contributed by atoms with Crippen molar-refractivity contribution in [3.63, 3.8) is 0 Å². The first-order valence-corrected chi connectivity index (χ1v) is 16.1. The fourth-order valence-electron chi connectivity index (χ4n) is 7.37. The second-order valence-electron chi connectivity index (χ2n) is 12.1. The van der Waals surface area contributed by atoms with Crippen LogP contribution in [0.4, 0.5) is 0 Å². The van der Waals surface area contributed by atoms with Crippen LogP contribution in [-0.2, 0) is 0 Å². The molecular formula is C44H33N3. The van der Waals surface area contributed by atoms with Crippen molar-refractivity contribution in [2.24, 2.45) is 0 Å². The van der Waals surface area contributed by atoms with Crippen molar-refractivity contribution in [2.45, 2.75) is 19.4 Å². The molecule has 0 bridgehead atoms. The van der Waals surface area contributed by atoms with E-state index < -0.39 is 0 Å². The average Bonchev–Trinajstić information content (AvgIpc) is 3.62. The van der Waals surface area contributed by atoms with E-state index in [4.69, 9.17) is 0 Å². The third-order valence-electron chi connectivity index (χ3n) is 9.45. The molecule has 1 aliphatic rings. The number of nitriles is 1. The van der Waals surface area contributed by atoms with Crippen molar-refractivity contribution < 1.29 is 0 Å². The number of rotatable bonds is 6. The van der Waals surface area contributed by atoms with Crippen LogP contribution in [0.15, 0.2) is 152 Å². The van der Waals surface area contributed by atoms with Gasteiger partial charge in [-0.3, -0.25) is 0 Å². The minimum Gasteiger partial charge on any atom is -0.333 e. The van der Waals surface area contributed by atoms with Gasteiger partial charge in [0.05, 0.1) is 34.4 Å². The molecule has 0 saturated heterocycles. The second-order valence-corrected chi connectivity index (χ2v) is 12.1. The molecule has 0 fully saturated rings. The average molecular weight is 604 g/mol. The van der Waals surface area contributed by atoms with Gasteiger partial charge in [0.1, 0.15) is 0 Å². The summed E-state index contributed by atoms with van der Waals surface area (Å²) in [4.78, 5) is 0. The van der Waals surface area contributed by atoms with E-state index in [1.165, 1.54) is 38.5 Å². The summed E-state index contributed by atoms with van der Waals surface area (Å²) in [5.41, 5.74) is 11.9. The van der Waals surface area contributed by atoms with Crippen LogP contribution in [0.25, 0.3) is 61.2 Å². The molecule has 0 N–H and O–H groups in total. The molecule has 2 heterocycles. The predicted octanol–water partition coefficient (Wildman–Crippen LogP) is 11.4. The molecule has 224 valence electrons. The van der Waals surface area contributed by atoms with Crippen LogP contribution in [0.3, 0.4) is 0 Å². The first-order chi connectivity index (χ1) is 23.2. The molecule has 47 heavy (non-hydrogen) atoms. The number of aryl methyl sites for hydroxylation is 1. The maximum absolute atomic E-state index is 10.4. The number of allylic oxidation sites excluding steroid dienone is 6. The Hall–Kier alpha value is -6.11. The molecule has 7 aromatic rings. The molecule has 0 amide bonds. The molecule has 0 aliphatic heterocycles. The highest BCUT2D eigenvalue weighted by atomic mass is 15.0. The van der Waals surface area contributed by atoms with E-state index in [1.54, 1.807) is 0 Å². The van der Waals surface area contributed by atoms with Gasteiger partial charge in [-0.25, -0.2) is 0 Å². The summed E-state index contributed by atoms with van der Waals surface area (Å²) in [6.07, 6.45) is 13.8. The lowest BCUT2D eigenvalue weighted by molar-refractivity contribution is 0.626. The highest BCUT2D eigenvalue weighted by molar-refractivity contribution is 6.10. The molecule has 1 aliphatic carbocycles. The molecule has 0 saturated carbocycles. The summed E-state index contributed by atoms with van der Waals surface area (Å²) in [7, 11) is 0. The van der Waals surface area contributed by atoms with Gasteiger partial charge >= 0.3 is 0 Å². The van der Waals surface area contributed by atoms with Gasteiger partial charge < -0.3 is 9.13 Å². The van der Waals surface area contributed by atoms with Gasteiger partial charge in [-0.05, 0) is 78.1 Å². The Morgan fingerprint density at radius 3 is 2.15 bits per heavy atom. The lowest BCUT2D eigenvalue weighted by Gasteiger charge is -2.22. The predicted molar refractivity (Wildman–Crippen MR) is 198 cm³/mol. The number of fused-ring (bicyclic) bond motifs is 4. The van der Waals surface area contributed by atoms with E-state index in [2.05, 4.69) is 156 Å². The Kier molecular flexibility index (Phi) is 7.05.